The zero-order valence-electron chi connectivity index (χ0n) is 16.3. The molecule has 29 heavy (non-hydrogen) atoms. The number of esters is 1. The van der Waals surface area contributed by atoms with E-state index in [0.29, 0.717) is 12.1 Å². The van der Waals surface area contributed by atoms with Crippen LogP contribution < -0.4 is 10.6 Å². The maximum absolute atomic E-state index is 12.3. The summed E-state index contributed by atoms with van der Waals surface area (Å²) < 4.78 is 5.37. The molecule has 1 heterocycles. The fourth-order valence-electron chi connectivity index (χ4n) is 2.56. The summed E-state index contributed by atoms with van der Waals surface area (Å²) in [5.74, 6) is -0.406. The molecule has 7 heteroatoms. The monoisotopic (exact) mass is 409 g/mol. The van der Waals surface area contributed by atoms with E-state index in [-0.39, 0.29) is 18.7 Å². The summed E-state index contributed by atoms with van der Waals surface area (Å²) in [5, 5.41) is 8.32. The second kappa shape index (κ2) is 9.84. The first kappa shape index (κ1) is 20.5. The lowest BCUT2D eigenvalue weighted by atomic mass is 10.1. The van der Waals surface area contributed by atoms with Crippen LogP contribution in [0.15, 0.2) is 60.0 Å². The lowest BCUT2D eigenvalue weighted by Crippen LogP contribution is -2.39. The molecule has 6 nitrogen and oxygen atoms in total. The highest BCUT2D eigenvalue weighted by Gasteiger charge is 2.10. The van der Waals surface area contributed by atoms with Gasteiger partial charge in [0, 0.05) is 23.5 Å². The van der Waals surface area contributed by atoms with Crippen molar-refractivity contribution >= 4 is 23.3 Å². The Morgan fingerprint density at radius 2 is 1.79 bits per heavy atom. The minimum absolute atomic E-state index is 0.0774. The zero-order chi connectivity index (χ0) is 20.6. The van der Waals surface area contributed by atoms with Gasteiger partial charge in [0.05, 0.1) is 11.3 Å². The van der Waals surface area contributed by atoms with Crippen LogP contribution in [0, 0.1) is 0 Å². The zero-order valence-corrected chi connectivity index (χ0v) is 17.2. The number of aromatic nitrogens is 1. The number of nitrogens with zero attached hydrogens (tertiary/aromatic N) is 1. The van der Waals surface area contributed by atoms with Crippen LogP contribution >= 0.6 is 11.3 Å². The van der Waals surface area contributed by atoms with Crippen molar-refractivity contribution in [2.24, 2.45) is 0 Å². The van der Waals surface area contributed by atoms with Gasteiger partial charge in [-0.05, 0) is 31.5 Å². The van der Waals surface area contributed by atoms with Crippen molar-refractivity contribution in [1.82, 2.24) is 15.6 Å². The predicted octanol–water partition coefficient (Wildman–Crippen LogP) is 4.37. The highest BCUT2D eigenvalue weighted by atomic mass is 32.1. The van der Waals surface area contributed by atoms with Gasteiger partial charge < -0.3 is 15.4 Å². The molecule has 1 aromatic heterocycles. The van der Waals surface area contributed by atoms with Crippen molar-refractivity contribution in [3.8, 4) is 10.6 Å². The molecule has 2 aromatic carbocycles. The second-order valence-corrected chi connectivity index (χ2v) is 7.62. The molecule has 2 N–H and O–H groups in total. The average molecular weight is 410 g/mol. The van der Waals surface area contributed by atoms with Crippen LogP contribution in [0.1, 0.15) is 35.5 Å². The third kappa shape index (κ3) is 6.15. The molecule has 2 amide bonds. The molecule has 150 valence electrons. The molecule has 0 radical (unpaired) electrons. The number of rotatable bonds is 7. The smallest absolute Gasteiger partial charge is 0.338 e. The Hall–Kier alpha value is -3.19. The largest absolute Gasteiger partial charge is 0.456 e. The van der Waals surface area contributed by atoms with Gasteiger partial charge in [-0.2, -0.15) is 0 Å². The molecule has 0 atom stereocenters. The first-order valence-corrected chi connectivity index (χ1v) is 10.2. The average Bonchev–Trinajstić information content (AvgIpc) is 3.20. The highest BCUT2D eigenvalue weighted by Crippen LogP contribution is 2.23. The first-order valence-electron chi connectivity index (χ1n) is 9.31. The molecule has 0 aliphatic rings. The SMILES string of the molecule is CC(C)NC(=O)NCc1ccc(C(=O)OCc2csc(-c3ccccc3)n2)cc1. The van der Waals surface area contributed by atoms with Crippen molar-refractivity contribution in [2.75, 3.05) is 0 Å². The molecular weight excluding hydrogens is 386 g/mol. The summed E-state index contributed by atoms with van der Waals surface area (Å²) in [6.07, 6.45) is 0. The fraction of sp³-hybridized carbons (Fsp3) is 0.227. The van der Waals surface area contributed by atoms with Crippen LogP contribution in [0.4, 0.5) is 4.79 Å². The number of thiazole rings is 1. The number of hydrogen-bond acceptors (Lipinski definition) is 5. The molecule has 0 fully saturated rings. The Morgan fingerprint density at radius 3 is 2.48 bits per heavy atom. The van der Waals surface area contributed by atoms with Gasteiger partial charge in [0.1, 0.15) is 11.6 Å². The molecule has 0 aliphatic carbocycles. The van der Waals surface area contributed by atoms with Crippen LogP contribution in [0.5, 0.6) is 0 Å². The van der Waals surface area contributed by atoms with Crippen LogP contribution in [-0.4, -0.2) is 23.0 Å². The molecule has 3 rings (SSSR count). The van der Waals surface area contributed by atoms with E-state index in [1.807, 2.05) is 49.6 Å². The number of ether oxygens (including phenoxy) is 1. The summed E-state index contributed by atoms with van der Waals surface area (Å²) in [6.45, 7) is 4.30. The second-order valence-electron chi connectivity index (χ2n) is 6.76. The Balaban J connectivity index is 1.50. The van der Waals surface area contributed by atoms with Gasteiger partial charge in [-0.1, -0.05) is 42.5 Å². The number of hydrogen-bond donors (Lipinski definition) is 2. The molecule has 0 unspecified atom stereocenters. The quantitative estimate of drug-likeness (QED) is 0.568. The number of urea groups is 1. The lowest BCUT2D eigenvalue weighted by molar-refractivity contribution is 0.0468. The summed E-state index contributed by atoms with van der Waals surface area (Å²) >= 11 is 1.52. The Kier molecular flexibility index (Phi) is 6.97. The van der Waals surface area contributed by atoms with Gasteiger partial charge in [-0.15, -0.1) is 11.3 Å². The summed E-state index contributed by atoms with van der Waals surface area (Å²) in [4.78, 5) is 28.4. The van der Waals surface area contributed by atoms with Crippen molar-refractivity contribution in [2.45, 2.75) is 33.0 Å². The standard InChI is InChI=1S/C22H23N3O3S/c1-15(2)24-22(27)23-12-16-8-10-18(11-9-16)21(26)28-13-19-14-29-20(25-19)17-6-4-3-5-7-17/h3-11,14-15H,12-13H2,1-2H3,(H2,23,24,27). The van der Waals surface area contributed by atoms with Crippen molar-refractivity contribution in [3.63, 3.8) is 0 Å². The van der Waals surface area contributed by atoms with E-state index in [4.69, 9.17) is 4.74 Å². The van der Waals surface area contributed by atoms with Gasteiger partial charge in [-0.25, -0.2) is 14.6 Å². The number of nitrogens with one attached hydrogen (secondary N) is 2. The molecule has 0 aliphatic heterocycles. The van der Waals surface area contributed by atoms with E-state index >= 15 is 0 Å². The summed E-state index contributed by atoms with van der Waals surface area (Å²) in [5.41, 5.74) is 3.12. The normalized spacial score (nSPS) is 10.6. The number of carbonyl (C=O) groups is 2. The number of benzene rings is 2. The Labute approximate surface area is 173 Å². The molecule has 3 aromatic rings. The van der Waals surface area contributed by atoms with Gasteiger partial charge in [-0.3, -0.25) is 0 Å². The number of carbonyl (C=O) groups excluding carboxylic acids is 2. The van der Waals surface area contributed by atoms with Gasteiger partial charge in [0.2, 0.25) is 0 Å². The predicted molar refractivity (Wildman–Crippen MR) is 114 cm³/mol. The maximum atomic E-state index is 12.3. The Bertz CT molecular complexity index is 953. The lowest BCUT2D eigenvalue weighted by Gasteiger charge is -2.10. The van der Waals surface area contributed by atoms with E-state index in [2.05, 4.69) is 15.6 Å². The van der Waals surface area contributed by atoms with E-state index in [9.17, 15) is 9.59 Å². The van der Waals surface area contributed by atoms with E-state index < -0.39 is 5.97 Å². The third-order valence-corrected chi connectivity index (χ3v) is 4.93. The number of amides is 2. The topological polar surface area (TPSA) is 80.3 Å². The van der Waals surface area contributed by atoms with Crippen molar-refractivity contribution in [3.05, 3.63) is 76.8 Å². The van der Waals surface area contributed by atoms with Crippen molar-refractivity contribution < 1.29 is 14.3 Å². The first-order chi connectivity index (χ1) is 14.0. The van der Waals surface area contributed by atoms with E-state index in [1.165, 1.54) is 11.3 Å². The van der Waals surface area contributed by atoms with Crippen LogP contribution in [0.25, 0.3) is 10.6 Å². The van der Waals surface area contributed by atoms with Crippen LogP contribution in [-0.2, 0) is 17.9 Å². The molecular formula is C22H23N3O3S. The van der Waals surface area contributed by atoms with Crippen molar-refractivity contribution in [1.29, 1.82) is 0 Å². The van der Waals surface area contributed by atoms with Gasteiger partial charge in [0.25, 0.3) is 0 Å². The summed E-state index contributed by atoms with van der Waals surface area (Å²) in [7, 11) is 0. The highest BCUT2D eigenvalue weighted by molar-refractivity contribution is 7.13. The Morgan fingerprint density at radius 1 is 1.07 bits per heavy atom. The molecule has 0 saturated heterocycles. The van der Waals surface area contributed by atoms with Crippen LogP contribution in [0.2, 0.25) is 0 Å². The van der Waals surface area contributed by atoms with Gasteiger partial charge in [0.15, 0.2) is 0 Å². The van der Waals surface area contributed by atoms with Crippen LogP contribution in [0.3, 0.4) is 0 Å². The summed E-state index contributed by atoms with van der Waals surface area (Å²) in [6, 6.07) is 16.7. The van der Waals surface area contributed by atoms with Gasteiger partial charge >= 0.3 is 12.0 Å². The minimum Gasteiger partial charge on any atom is -0.456 e. The van der Waals surface area contributed by atoms with E-state index in [1.54, 1.807) is 24.3 Å². The molecule has 0 spiro atoms. The molecule has 0 saturated carbocycles. The maximum Gasteiger partial charge on any atom is 0.338 e. The third-order valence-electron chi connectivity index (χ3n) is 3.99. The van der Waals surface area contributed by atoms with E-state index in [0.717, 1.165) is 21.8 Å². The fourth-order valence-corrected chi connectivity index (χ4v) is 3.37. The minimum atomic E-state index is -0.406. The molecule has 0 bridgehead atoms.